The summed E-state index contributed by atoms with van der Waals surface area (Å²) < 4.78 is 0. The molecule has 0 unspecified atom stereocenters. The molecule has 0 aliphatic heterocycles. The van der Waals surface area contributed by atoms with Gasteiger partial charge in [-0.25, -0.2) is 4.99 Å². The first-order chi connectivity index (χ1) is 10.7. The number of hydrogen-bond acceptors (Lipinski definition) is 3. The lowest BCUT2D eigenvalue weighted by Gasteiger charge is -2.11. The SMILES string of the molecule is CCNC(=NCc1cccc(C#N)c1)NCc1sccc1C.I. The van der Waals surface area contributed by atoms with Gasteiger partial charge in [-0.15, -0.1) is 35.3 Å². The third kappa shape index (κ3) is 6.20. The van der Waals surface area contributed by atoms with Crippen LogP contribution in [-0.2, 0) is 13.1 Å². The number of aryl methyl sites for hydroxylation is 1. The maximum atomic E-state index is 8.93. The van der Waals surface area contributed by atoms with E-state index in [2.05, 4.69) is 40.1 Å². The molecule has 0 saturated carbocycles. The van der Waals surface area contributed by atoms with E-state index in [1.54, 1.807) is 17.4 Å². The molecule has 1 aromatic heterocycles. The standard InChI is InChI=1S/C17H20N4S.HI/c1-3-19-17(21-12-16-13(2)7-8-22-16)20-11-15-6-4-5-14(9-15)10-18;/h4-9H,3,11-12H2,1-2H3,(H2,19,20,21);1H. The highest BCUT2D eigenvalue weighted by Gasteiger charge is 2.02. The Morgan fingerprint density at radius 3 is 2.78 bits per heavy atom. The summed E-state index contributed by atoms with van der Waals surface area (Å²) in [4.78, 5) is 5.89. The number of nitriles is 1. The van der Waals surface area contributed by atoms with Gasteiger partial charge in [0.15, 0.2) is 5.96 Å². The van der Waals surface area contributed by atoms with E-state index in [-0.39, 0.29) is 24.0 Å². The van der Waals surface area contributed by atoms with Crippen molar-refractivity contribution in [3.8, 4) is 6.07 Å². The normalized spacial score (nSPS) is 10.6. The Bertz CT molecular complexity index is 688. The minimum atomic E-state index is 0. The Morgan fingerprint density at radius 2 is 2.13 bits per heavy atom. The lowest BCUT2D eigenvalue weighted by Crippen LogP contribution is -2.36. The quantitative estimate of drug-likeness (QED) is 0.423. The minimum absolute atomic E-state index is 0. The molecule has 0 aliphatic rings. The lowest BCUT2D eigenvalue weighted by atomic mass is 10.1. The molecule has 0 spiro atoms. The predicted molar refractivity (Wildman–Crippen MR) is 107 cm³/mol. The van der Waals surface area contributed by atoms with Gasteiger partial charge in [-0.2, -0.15) is 5.26 Å². The molecule has 0 fully saturated rings. The first-order valence-corrected chi connectivity index (χ1v) is 8.15. The number of nitrogens with zero attached hydrogens (tertiary/aromatic N) is 2. The highest BCUT2D eigenvalue weighted by atomic mass is 127. The van der Waals surface area contributed by atoms with Crippen molar-refractivity contribution >= 4 is 41.3 Å². The molecule has 0 atom stereocenters. The molecule has 0 bridgehead atoms. The third-order valence-corrected chi connectivity index (χ3v) is 4.23. The van der Waals surface area contributed by atoms with E-state index >= 15 is 0 Å². The van der Waals surface area contributed by atoms with Gasteiger partial charge in [-0.3, -0.25) is 0 Å². The fraction of sp³-hybridized carbons (Fsp3) is 0.294. The third-order valence-electron chi connectivity index (χ3n) is 3.20. The van der Waals surface area contributed by atoms with Gasteiger partial charge >= 0.3 is 0 Å². The monoisotopic (exact) mass is 440 g/mol. The Kier molecular flexibility index (Phi) is 8.66. The molecular weight excluding hydrogens is 419 g/mol. The van der Waals surface area contributed by atoms with Crippen molar-refractivity contribution in [1.29, 1.82) is 5.26 Å². The molecule has 0 aliphatic carbocycles. The van der Waals surface area contributed by atoms with Crippen LogP contribution < -0.4 is 10.6 Å². The van der Waals surface area contributed by atoms with Crippen LogP contribution in [0.3, 0.4) is 0 Å². The molecule has 1 aromatic carbocycles. The number of nitrogens with one attached hydrogen (secondary N) is 2. The summed E-state index contributed by atoms with van der Waals surface area (Å²) in [6, 6.07) is 11.8. The molecule has 2 aromatic rings. The van der Waals surface area contributed by atoms with Crippen LogP contribution in [0.2, 0.25) is 0 Å². The van der Waals surface area contributed by atoms with Crippen molar-refractivity contribution < 1.29 is 0 Å². The second-order valence-corrected chi connectivity index (χ2v) is 5.89. The molecule has 2 rings (SSSR count). The highest BCUT2D eigenvalue weighted by molar-refractivity contribution is 14.0. The second-order valence-electron chi connectivity index (χ2n) is 4.89. The molecule has 4 nitrogen and oxygen atoms in total. The maximum Gasteiger partial charge on any atom is 0.191 e. The first-order valence-electron chi connectivity index (χ1n) is 7.27. The van der Waals surface area contributed by atoms with E-state index in [1.165, 1.54) is 10.4 Å². The average Bonchev–Trinajstić information content (AvgIpc) is 2.95. The van der Waals surface area contributed by atoms with Gasteiger partial charge in [-0.1, -0.05) is 12.1 Å². The fourth-order valence-electron chi connectivity index (χ4n) is 2.00. The number of hydrogen-bond donors (Lipinski definition) is 2. The number of aliphatic imine (C=N–C) groups is 1. The van der Waals surface area contributed by atoms with Crippen LogP contribution >= 0.6 is 35.3 Å². The fourth-order valence-corrected chi connectivity index (χ4v) is 2.85. The molecule has 0 saturated heterocycles. The smallest absolute Gasteiger partial charge is 0.191 e. The Labute approximate surface area is 158 Å². The van der Waals surface area contributed by atoms with Crippen LogP contribution in [0.4, 0.5) is 0 Å². The summed E-state index contributed by atoms with van der Waals surface area (Å²) in [5, 5.41) is 17.6. The molecule has 122 valence electrons. The van der Waals surface area contributed by atoms with Gasteiger partial charge in [0, 0.05) is 11.4 Å². The highest BCUT2D eigenvalue weighted by Crippen LogP contribution is 2.14. The molecule has 0 radical (unpaired) electrons. The van der Waals surface area contributed by atoms with Crippen LogP contribution in [-0.4, -0.2) is 12.5 Å². The second kappa shape index (κ2) is 10.2. The zero-order chi connectivity index (χ0) is 15.8. The van der Waals surface area contributed by atoms with E-state index in [1.807, 2.05) is 25.1 Å². The molecule has 23 heavy (non-hydrogen) atoms. The number of thiophene rings is 1. The van der Waals surface area contributed by atoms with Crippen molar-refractivity contribution in [2.45, 2.75) is 26.9 Å². The van der Waals surface area contributed by atoms with E-state index < -0.39 is 0 Å². The van der Waals surface area contributed by atoms with Crippen molar-refractivity contribution in [3.63, 3.8) is 0 Å². The summed E-state index contributed by atoms with van der Waals surface area (Å²) in [5.74, 6) is 0.790. The van der Waals surface area contributed by atoms with E-state index in [0.717, 1.165) is 24.6 Å². The van der Waals surface area contributed by atoms with Gasteiger partial charge in [0.2, 0.25) is 0 Å². The molecule has 1 heterocycles. The molecular formula is C17H21IN4S. The van der Waals surface area contributed by atoms with Crippen molar-refractivity contribution in [1.82, 2.24) is 10.6 Å². The Balaban J connectivity index is 0.00000264. The summed E-state index contributed by atoms with van der Waals surface area (Å²) in [6.45, 7) is 6.30. The largest absolute Gasteiger partial charge is 0.357 e. The van der Waals surface area contributed by atoms with Crippen LogP contribution in [0.15, 0.2) is 40.7 Å². The Hall–Kier alpha value is -1.59. The number of guanidine groups is 1. The van der Waals surface area contributed by atoms with Gasteiger partial charge in [0.25, 0.3) is 0 Å². The van der Waals surface area contributed by atoms with E-state index in [4.69, 9.17) is 5.26 Å². The van der Waals surface area contributed by atoms with Gasteiger partial charge in [-0.05, 0) is 48.6 Å². The number of rotatable bonds is 5. The van der Waals surface area contributed by atoms with Crippen LogP contribution in [0.25, 0.3) is 0 Å². The molecule has 6 heteroatoms. The predicted octanol–water partition coefficient (Wildman–Crippen LogP) is 3.80. The maximum absolute atomic E-state index is 8.93. The van der Waals surface area contributed by atoms with E-state index in [0.29, 0.717) is 12.1 Å². The summed E-state index contributed by atoms with van der Waals surface area (Å²) in [5.41, 5.74) is 3.00. The van der Waals surface area contributed by atoms with Gasteiger partial charge in [0.05, 0.1) is 24.7 Å². The van der Waals surface area contributed by atoms with E-state index in [9.17, 15) is 0 Å². The zero-order valence-corrected chi connectivity index (χ0v) is 16.4. The number of halogens is 1. The van der Waals surface area contributed by atoms with Crippen molar-refractivity contribution in [3.05, 3.63) is 57.3 Å². The molecule has 2 N–H and O–H groups in total. The van der Waals surface area contributed by atoms with Crippen molar-refractivity contribution in [2.75, 3.05) is 6.54 Å². The summed E-state index contributed by atoms with van der Waals surface area (Å²) in [6.07, 6.45) is 0. The minimum Gasteiger partial charge on any atom is -0.357 e. The average molecular weight is 440 g/mol. The topological polar surface area (TPSA) is 60.2 Å². The zero-order valence-electron chi connectivity index (χ0n) is 13.3. The Morgan fingerprint density at radius 1 is 1.30 bits per heavy atom. The van der Waals surface area contributed by atoms with Crippen LogP contribution in [0.5, 0.6) is 0 Å². The van der Waals surface area contributed by atoms with Gasteiger partial charge in [0.1, 0.15) is 0 Å². The summed E-state index contributed by atoms with van der Waals surface area (Å²) in [7, 11) is 0. The van der Waals surface area contributed by atoms with Crippen LogP contribution in [0, 0.1) is 18.3 Å². The summed E-state index contributed by atoms with van der Waals surface area (Å²) >= 11 is 1.75. The van der Waals surface area contributed by atoms with Crippen LogP contribution in [0.1, 0.15) is 28.5 Å². The lowest BCUT2D eigenvalue weighted by molar-refractivity contribution is 0.821. The first kappa shape index (κ1) is 19.5. The van der Waals surface area contributed by atoms with Crippen molar-refractivity contribution in [2.24, 2.45) is 4.99 Å². The van der Waals surface area contributed by atoms with Gasteiger partial charge < -0.3 is 10.6 Å². The molecule has 0 amide bonds. The number of benzene rings is 1.